The molecule has 0 fully saturated rings. The van der Waals surface area contributed by atoms with E-state index in [-0.39, 0.29) is 12.4 Å². The lowest BCUT2D eigenvalue weighted by atomic mass is 10.2. The molecule has 0 unspecified atom stereocenters. The van der Waals surface area contributed by atoms with Crippen LogP contribution in [0, 0.1) is 0 Å². The normalized spacial score (nSPS) is 11.0. The Morgan fingerprint density at radius 3 is 2.87 bits per heavy atom. The minimum Gasteiger partial charge on any atom is -0.466 e. The molecule has 5 nitrogen and oxygen atoms in total. The summed E-state index contributed by atoms with van der Waals surface area (Å²) in [6.45, 7) is 2.10. The zero-order valence-electron chi connectivity index (χ0n) is 12.0. The second-order valence-corrected chi connectivity index (χ2v) is 6.30. The Morgan fingerprint density at radius 2 is 2.13 bits per heavy atom. The maximum absolute atomic E-state index is 11.4. The summed E-state index contributed by atoms with van der Waals surface area (Å²) in [5.74, 6) is -0.314. The summed E-state index contributed by atoms with van der Waals surface area (Å²) in [5, 5.41) is 7.48. The molecule has 23 heavy (non-hydrogen) atoms. The molecule has 0 aliphatic heterocycles. The lowest BCUT2D eigenvalue weighted by Gasteiger charge is -2.03. The van der Waals surface area contributed by atoms with Crippen LogP contribution in [-0.2, 0) is 16.0 Å². The minimum atomic E-state index is -0.314. The number of aromatic nitrogens is 1. The maximum Gasteiger partial charge on any atom is 0.311 e. The number of esters is 1. The van der Waals surface area contributed by atoms with Crippen molar-refractivity contribution in [3.8, 4) is 0 Å². The van der Waals surface area contributed by atoms with Crippen molar-refractivity contribution in [2.45, 2.75) is 13.3 Å². The van der Waals surface area contributed by atoms with E-state index in [1.807, 2.05) is 0 Å². The van der Waals surface area contributed by atoms with Crippen LogP contribution in [0.4, 0.5) is 5.13 Å². The second kappa shape index (κ2) is 8.49. The van der Waals surface area contributed by atoms with Gasteiger partial charge in [-0.2, -0.15) is 5.10 Å². The van der Waals surface area contributed by atoms with Crippen LogP contribution in [0.25, 0.3) is 0 Å². The number of hydrogen-bond acceptors (Lipinski definition) is 6. The predicted octanol–water partition coefficient (Wildman–Crippen LogP) is 4.65. The predicted molar refractivity (Wildman–Crippen MR) is 95.1 cm³/mol. The summed E-state index contributed by atoms with van der Waals surface area (Å²) in [4.78, 5) is 15.6. The van der Waals surface area contributed by atoms with Gasteiger partial charge in [0.1, 0.15) is 0 Å². The van der Waals surface area contributed by atoms with Gasteiger partial charge in [0.2, 0.25) is 5.13 Å². The number of thiazole rings is 1. The first kappa shape index (κ1) is 18.0. The highest BCUT2D eigenvalue weighted by Gasteiger charge is 2.09. The van der Waals surface area contributed by atoms with E-state index in [4.69, 9.17) is 39.5 Å². The van der Waals surface area contributed by atoms with Crippen molar-refractivity contribution in [3.05, 3.63) is 43.8 Å². The molecule has 0 spiro atoms. The van der Waals surface area contributed by atoms with Crippen molar-refractivity contribution < 1.29 is 9.53 Å². The van der Waals surface area contributed by atoms with Gasteiger partial charge >= 0.3 is 5.97 Å². The Hall–Kier alpha value is -1.34. The lowest BCUT2D eigenvalue weighted by molar-refractivity contribution is -0.142. The highest BCUT2D eigenvalue weighted by molar-refractivity contribution is 7.13. The molecule has 2 rings (SSSR count). The number of nitrogens with zero attached hydrogens (tertiary/aromatic N) is 2. The van der Waals surface area contributed by atoms with Crippen LogP contribution in [0.1, 0.15) is 18.2 Å². The third-order valence-corrected chi connectivity index (χ3v) is 4.56. The fourth-order valence-corrected chi connectivity index (χ4v) is 2.90. The van der Waals surface area contributed by atoms with Crippen LogP contribution in [0.3, 0.4) is 0 Å². The molecular weight excluding hydrogens is 381 g/mol. The summed E-state index contributed by atoms with van der Waals surface area (Å²) in [6.07, 6.45) is 1.59. The van der Waals surface area contributed by atoms with E-state index in [1.165, 1.54) is 17.6 Å². The van der Waals surface area contributed by atoms with Gasteiger partial charge in [-0.15, -0.1) is 11.3 Å². The van der Waals surface area contributed by atoms with E-state index < -0.39 is 0 Å². The molecule has 1 heterocycles. The number of carbonyl (C=O) groups excluding carboxylic acids is 1. The first-order chi connectivity index (χ1) is 11.0. The Bertz CT molecular complexity index is 734. The molecule has 0 bridgehead atoms. The number of carbonyl (C=O) groups is 1. The Balaban J connectivity index is 2.00. The SMILES string of the molecule is CCOC(=O)Cc1csc(N/N=C\c2c(Cl)ccc(Cl)c2Cl)n1. The molecule has 0 saturated carbocycles. The average molecular weight is 393 g/mol. The Labute approximate surface area is 152 Å². The van der Waals surface area contributed by atoms with Gasteiger partial charge in [0, 0.05) is 10.9 Å². The molecule has 122 valence electrons. The van der Waals surface area contributed by atoms with Crippen LogP contribution in [0.5, 0.6) is 0 Å². The van der Waals surface area contributed by atoms with Gasteiger partial charge in [0.05, 0.1) is 40.0 Å². The van der Waals surface area contributed by atoms with Gasteiger partial charge in [-0.1, -0.05) is 34.8 Å². The van der Waals surface area contributed by atoms with Crippen molar-refractivity contribution >= 4 is 63.5 Å². The van der Waals surface area contributed by atoms with E-state index in [0.717, 1.165) is 0 Å². The fourth-order valence-electron chi connectivity index (χ4n) is 1.61. The number of benzene rings is 1. The molecule has 0 aliphatic rings. The Morgan fingerprint density at radius 1 is 1.39 bits per heavy atom. The van der Waals surface area contributed by atoms with Gasteiger partial charge in [-0.05, 0) is 19.1 Å². The quantitative estimate of drug-likeness (QED) is 0.336. The molecule has 9 heteroatoms. The number of ether oxygens (including phenoxy) is 1. The third-order valence-electron chi connectivity index (χ3n) is 2.62. The van der Waals surface area contributed by atoms with Gasteiger partial charge in [0.15, 0.2) is 0 Å². The number of hydrazone groups is 1. The smallest absolute Gasteiger partial charge is 0.311 e. The van der Waals surface area contributed by atoms with Gasteiger partial charge in [-0.25, -0.2) is 4.98 Å². The first-order valence-corrected chi connectivity index (χ1v) is 8.55. The molecule has 1 aromatic carbocycles. The molecule has 0 radical (unpaired) electrons. The molecule has 0 saturated heterocycles. The van der Waals surface area contributed by atoms with Crippen LogP contribution < -0.4 is 5.43 Å². The summed E-state index contributed by atoms with van der Waals surface area (Å²) in [6, 6.07) is 3.25. The van der Waals surface area contributed by atoms with E-state index in [2.05, 4.69) is 15.5 Å². The summed E-state index contributed by atoms with van der Waals surface area (Å²) >= 11 is 19.4. The number of rotatable bonds is 6. The molecule has 2 aromatic rings. The van der Waals surface area contributed by atoms with Crippen LogP contribution in [0.2, 0.25) is 15.1 Å². The van der Waals surface area contributed by atoms with Crippen LogP contribution in [-0.4, -0.2) is 23.8 Å². The molecule has 0 atom stereocenters. The number of nitrogens with one attached hydrogen (secondary N) is 1. The van der Waals surface area contributed by atoms with E-state index >= 15 is 0 Å². The molecule has 1 aromatic heterocycles. The highest BCUT2D eigenvalue weighted by atomic mass is 35.5. The standard InChI is InChI=1S/C14H12Cl3N3O2S/c1-2-22-12(21)5-8-7-23-14(19-8)20-18-6-9-10(15)3-4-11(16)13(9)17/h3-4,6-7H,2,5H2,1H3,(H,19,20)/b18-6-. The summed E-state index contributed by atoms with van der Waals surface area (Å²) < 4.78 is 4.87. The number of anilines is 1. The van der Waals surface area contributed by atoms with Gasteiger partial charge in [0.25, 0.3) is 0 Å². The van der Waals surface area contributed by atoms with Crippen molar-refractivity contribution in [2.75, 3.05) is 12.0 Å². The first-order valence-electron chi connectivity index (χ1n) is 6.53. The summed E-state index contributed by atoms with van der Waals surface area (Å²) in [7, 11) is 0. The van der Waals surface area contributed by atoms with Gasteiger partial charge in [-0.3, -0.25) is 10.2 Å². The van der Waals surface area contributed by atoms with Crippen molar-refractivity contribution in [3.63, 3.8) is 0 Å². The van der Waals surface area contributed by atoms with E-state index in [9.17, 15) is 4.79 Å². The fraction of sp³-hybridized carbons (Fsp3) is 0.214. The number of hydrogen-bond donors (Lipinski definition) is 1. The summed E-state index contributed by atoms with van der Waals surface area (Å²) in [5.41, 5.74) is 3.88. The largest absolute Gasteiger partial charge is 0.466 e. The second-order valence-electron chi connectivity index (χ2n) is 4.25. The van der Waals surface area contributed by atoms with Crippen molar-refractivity contribution in [1.29, 1.82) is 0 Å². The van der Waals surface area contributed by atoms with Gasteiger partial charge < -0.3 is 4.74 Å². The topological polar surface area (TPSA) is 63.6 Å². The monoisotopic (exact) mass is 391 g/mol. The van der Waals surface area contributed by atoms with Crippen LogP contribution >= 0.6 is 46.1 Å². The zero-order chi connectivity index (χ0) is 16.8. The third kappa shape index (κ3) is 5.07. The minimum absolute atomic E-state index is 0.127. The molecule has 0 aliphatic carbocycles. The highest BCUT2D eigenvalue weighted by Crippen LogP contribution is 2.30. The molecular formula is C14H12Cl3N3O2S. The van der Waals surface area contributed by atoms with E-state index in [0.29, 0.717) is 38.1 Å². The Kier molecular flexibility index (Phi) is 6.65. The van der Waals surface area contributed by atoms with Crippen molar-refractivity contribution in [1.82, 2.24) is 4.98 Å². The van der Waals surface area contributed by atoms with Crippen LogP contribution in [0.15, 0.2) is 22.6 Å². The van der Waals surface area contributed by atoms with E-state index in [1.54, 1.807) is 24.4 Å². The maximum atomic E-state index is 11.4. The average Bonchev–Trinajstić information content (AvgIpc) is 2.94. The number of halogens is 3. The molecule has 1 N–H and O–H groups in total. The van der Waals surface area contributed by atoms with Crippen molar-refractivity contribution in [2.24, 2.45) is 5.10 Å². The zero-order valence-corrected chi connectivity index (χ0v) is 15.1. The molecule has 0 amide bonds. The lowest BCUT2D eigenvalue weighted by Crippen LogP contribution is -2.07.